The fourth-order valence-corrected chi connectivity index (χ4v) is 1.69. The third kappa shape index (κ3) is 3.43. The van der Waals surface area contributed by atoms with Gasteiger partial charge in [-0.3, -0.25) is 0 Å². The number of hydrogen-bond donors (Lipinski definition) is 2. The summed E-state index contributed by atoms with van der Waals surface area (Å²) in [5.41, 5.74) is 8.09. The highest BCUT2D eigenvalue weighted by atomic mass is 15.0. The smallest absolute Gasteiger partial charge is 0.130 e. The number of nitrogens with two attached hydrogens (primary N) is 1. The molecule has 1 aromatic heterocycles. The predicted molar refractivity (Wildman–Crippen MR) is 75.1 cm³/mol. The molecular weight excluding hydrogens is 222 g/mol. The van der Waals surface area contributed by atoms with E-state index < -0.39 is 0 Å². The van der Waals surface area contributed by atoms with Gasteiger partial charge >= 0.3 is 0 Å². The first-order chi connectivity index (χ1) is 8.75. The van der Waals surface area contributed by atoms with E-state index in [1.165, 1.54) is 5.56 Å². The first-order valence-electron chi connectivity index (χ1n) is 5.92. The summed E-state index contributed by atoms with van der Waals surface area (Å²) in [4.78, 5) is 4.18. The maximum Gasteiger partial charge on any atom is 0.130 e. The van der Waals surface area contributed by atoms with Gasteiger partial charge in [0.05, 0.1) is 0 Å². The molecule has 1 aromatic carbocycles. The highest BCUT2D eigenvalue weighted by Gasteiger charge is 2.08. The van der Waals surface area contributed by atoms with E-state index in [2.05, 4.69) is 29.0 Å². The molecule has 3 heteroatoms. The molecule has 1 unspecified atom stereocenters. The van der Waals surface area contributed by atoms with Gasteiger partial charge in [0, 0.05) is 17.9 Å². The van der Waals surface area contributed by atoms with Crippen LogP contribution >= 0.6 is 0 Å². The number of benzene rings is 1. The van der Waals surface area contributed by atoms with Crippen molar-refractivity contribution in [1.82, 2.24) is 4.98 Å². The number of aromatic nitrogens is 1. The van der Waals surface area contributed by atoms with Crippen LogP contribution in [0, 0.1) is 0 Å². The number of anilines is 1. The molecule has 2 aromatic rings. The van der Waals surface area contributed by atoms with E-state index in [1.54, 1.807) is 6.20 Å². The van der Waals surface area contributed by atoms with E-state index in [1.807, 2.05) is 36.4 Å². The standard InChI is InChI=1S/C15H17N3/c1-12(18-15-9-5-6-10-17-15)14(16)11-13-7-3-2-4-8-13/h2-10,14H,1,11,16H2,(H,17,18). The molecule has 0 aliphatic rings. The molecule has 0 bridgehead atoms. The molecule has 3 N–H and O–H groups in total. The molecule has 0 aliphatic carbocycles. The van der Waals surface area contributed by atoms with Crippen molar-refractivity contribution < 1.29 is 0 Å². The van der Waals surface area contributed by atoms with Gasteiger partial charge in [-0.1, -0.05) is 43.0 Å². The molecular formula is C15H17N3. The monoisotopic (exact) mass is 239 g/mol. The van der Waals surface area contributed by atoms with E-state index in [-0.39, 0.29) is 6.04 Å². The number of pyridine rings is 1. The summed E-state index contributed by atoms with van der Waals surface area (Å²) in [5.74, 6) is 0.769. The lowest BCUT2D eigenvalue weighted by Crippen LogP contribution is -2.28. The van der Waals surface area contributed by atoms with Crippen molar-refractivity contribution in [3.05, 3.63) is 72.6 Å². The minimum atomic E-state index is -0.130. The molecule has 0 radical (unpaired) electrons. The summed E-state index contributed by atoms with van der Waals surface area (Å²) >= 11 is 0. The first kappa shape index (κ1) is 12.3. The third-order valence-electron chi connectivity index (χ3n) is 2.70. The van der Waals surface area contributed by atoms with Crippen LogP contribution in [0.3, 0.4) is 0 Å². The quantitative estimate of drug-likeness (QED) is 0.843. The zero-order valence-electron chi connectivity index (χ0n) is 10.2. The molecule has 18 heavy (non-hydrogen) atoms. The summed E-state index contributed by atoms with van der Waals surface area (Å²) in [5, 5.41) is 3.13. The van der Waals surface area contributed by atoms with Gasteiger partial charge in [-0.05, 0) is 24.1 Å². The Morgan fingerprint density at radius 1 is 1.17 bits per heavy atom. The highest BCUT2D eigenvalue weighted by Crippen LogP contribution is 2.10. The zero-order chi connectivity index (χ0) is 12.8. The van der Waals surface area contributed by atoms with E-state index in [0.29, 0.717) is 0 Å². The zero-order valence-corrected chi connectivity index (χ0v) is 10.2. The number of nitrogens with one attached hydrogen (secondary N) is 1. The Balaban J connectivity index is 1.93. The molecule has 2 rings (SSSR count). The van der Waals surface area contributed by atoms with E-state index in [9.17, 15) is 0 Å². The minimum absolute atomic E-state index is 0.130. The molecule has 0 fully saturated rings. The molecule has 1 atom stereocenters. The lowest BCUT2D eigenvalue weighted by Gasteiger charge is -2.16. The summed E-state index contributed by atoms with van der Waals surface area (Å²) in [6.07, 6.45) is 2.50. The van der Waals surface area contributed by atoms with Crippen molar-refractivity contribution in [3.8, 4) is 0 Å². The van der Waals surface area contributed by atoms with Crippen LogP contribution < -0.4 is 11.1 Å². The van der Waals surface area contributed by atoms with Crippen LogP contribution in [-0.4, -0.2) is 11.0 Å². The second kappa shape index (κ2) is 5.98. The molecule has 0 spiro atoms. The van der Waals surface area contributed by atoms with Crippen molar-refractivity contribution in [2.45, 2.75) is 12.5 Å². The number of rotatable bonds is 5. The van der Waals surface area contributed by atoms with Crippen molar-refractivity contribution in [2.24, 2.45) is 5.73 Å². The average molecular weight is 239 g/mol. The largest absolute Gasteiger partial charge is 0.343 e. The second-order valence-corrected chi connectivity index (χ2v) is 4.16. The number of nitrogens with zero attached hydrogens (tertiary/aromatic N) is 1. The lowest BCUT2D eigenvalue weighted by atomic mass is 10.0. The second-order valence-electron chi connectivity index (χ2n) is 4.16. The Morgan fingerprint density at radius 2 is 1.89 bits per heavy atom. The normalized spacial score (nSPS) is 11.8. The van der Waals surface area contributed by atoms with Gasteiger partial charge in [-0.15, -0.1) is 0 Å². The summed E-state index contributed by atoms with van der Waals surface area (Å²) < 4.78 is 0. The van der Waals surface area contributed by atoms with Gasteiger partial charge in [0.2, 0.25) is 0 Å². The fraction of sp³-hybridized carbons (Fsp3) is 0.133. The third-order valence-corrected chi connectivity index (χ3v) is 2.70. The van der Waals surface area contributed by atoms with Gasteiger partial charge in [0.25, 0.3) is 0 Å². The summed E-state index contributed by atoms with van der Waals surface area (Å²) in [6, 6.07) is 15.7. The Labute approximate surface area is 107 Å². The average Bonchev–Trinajstić information content (AvgIpc) is 2.41. The van der Waals surface area contributed by atoms with Crippen molar-refractivity contribution in [2.75, 3.05) is 5.32 Å². The Bertz CT molecular complexity index is 494. The predicted octanol–water partition coefficient (Wildman–Crippen LogP) is 2.58. The van der Waals surface area contributed by atoms with Crippen LogP contribution in [0.25, 0.3) is 0 Å². The van der Waals surface area contributed by atoms with Crippen LogP contribution in [0.2, 0.25) is 0 Å². The maximum absolute atomic E-state index is 6.11. The molecule has 1 heterocycles. The Hall–Kier alpha value is -2.13. The van der Waals surface area contributed by atoms with Crippen molar-refractivity contribution >= 4 is 5.82 Å². The van der Waals surface area contributed by atoms with E-state index in [4.69, 9.17) is 5.73 Å². The fourth-order valence-electron chi connectivity index (χ4n) is 1.69. The molecule has 0 saturated carbocycles. The lowest BCUT2D eigenvalue weighted by molar-refractivity contribution is 0.769. The van der Waals surface area contributed by atoms with Crippen LogP contribution in [0.4, 0.5) is 5.82 Å². The Morgan fingerprint density at radius 3 is 2.56 bits per heavy atom. The van der Waals surface area contributed by atoms with Gasteiger partial charge in [-0.2, -0.15) is 0 Å². The highest BCUT2D eigenvalue weighted by molar-refractivity contribution is 5.41. The van der Waals surface area contributed by atoms with Gasteiger partial charge in [0.15, 0.2) is 0 Å². The first-order valence-corrected chi connectivity index (χ1v) is 5.92. The molecule has 92 valence electrons. The molecule has 0 saturated heterocycles. The molecule has 3 nitrogen and oxygen atoms in total. The van der Waals surface area contributed by atoms with E-state index >= 15 is 0 Å². The van der Waals surface area contributed by atoms with Crippen molar-refractivity contribution in [3.63, 3.8) is 0 Å². The summed E-state index contributed by atoms with van der Waals surface area (Å²) in [6.45, 7) is 3.97. The van der Waals surface area contributed by atoms with E-state index in [0.717, 1.165) is 17.9 Å². The van der Waals surface area contributed by atoms with Crippen molar-refractivity contribution in [1.29, 1.82) is 0 Å². The molecule has 0 amide bonds. The van der Waals surface area contributed by atoms with Crippen LogP contribution in [-0.2, 0) is 6.42 Å². The van der Waals surface area contributed by atoms with Crippen LogP contribution in [0.1, 0.15) is 5.56 Å². The minimum Gasteiger partial charge on any atom is -0.343 e. The van der Waals surface area contributed by atoms with Gasteiger partial charge in [0.1, 0.15) is 5.82 Å². The number of hydrogen-bond acceptors (Lipinski definition) is 3. The van der Waals surface area contributed by atoms with Gasteiger partial charge < -0.3 is 11.1 Å². The topological polar surface area (TPSA) is 50.9 Å². The van der Waals surface area contributed by atoms with Gasteiger partial charge in [-0.25, -0.2) is 4.98 Å². The summed E-state index contributed by atoms with van der Waals surface area (Å²) in [7, 11) is 0. The molecule has 0 aliphatic heterocycles. The SMILES string of the molecule is C=C(Nc1ccccn1)C(N)Cc1ccccc1. The van der Waals surface area contributed by atoms with Crippen LogP contribution in [0.15, 0.2) is 67.0 Å². The Kier molecular flexibility index (Phi) is 4.10. The van der Waals surface area contributed by atoms with Crippen LogP contribution in [0.5, 0.6) is 0 Å². The maximum atomic E-state index is 6.11.